The Balaban J connectivity index is 1.43. The van der Waals surface area contributed by atoms with Crippen LogP contribution in [0.2, 0.25) is 0 Å². The molecule has 0 unspecified atom stereocenters. The number of nitrogens with one attached hydrogen (secondary N) is 1. The van der Waals surface area contributed by atoms with Crippen molar-refractivity contribution in [3.8, 4) is 0 Å². The summed E-state index contributed by atoms with van der Waals surface area (Å²) in [6, 6.07) is 13.2. The number of rotatable bonds is 10. The summed E-state index contributed by atoms with van der Waals surface area (Å²) in [6.07, 6.45) is 0.839. The predicted octanol–water partition coefficient (Wildman–Crippen LogP) is 3.65. The average molecular weight is 516 g/mol. The van der Waals surface area contributed by atoms with Crippen molar-refractivity contribution in [2.75, 3.05) is 39.5 Å². The summed E-state index contributed by atoms with van der Waals surface area (Å²) in [5.74, 6) is 1.50. The van der Waals surface area contributed by atoms with Crippen LogP contribution in [-0.2, 0) is 31.8 Å². The van der Waals surface area contributed by atoms with E-state index in [2.05, 4.69) is 14.5 Å². The number of nitrogens with zero attached hydrogens (tertiary/aromatic N) is 4. The number of morpholine rings is 1. The molecule has 0 spiro atoms. The van der Waals surface area contributed by atoms with E-state index < -0.39 is 10.0 Å². The summed E-state index contributed by atoms with van der Waals surface area (Å²) >= 11 is 1.59. The van der Waals surface area contributed by atoms with E-state index in [0.717, 1.165) is 40.5 Å². The summed E-state index contributed by atoms with van der Waals surface area (Å²) < 4.78 is 40.8. The second kappa shape index (κ2) is 10.7. The number of fused-ring (bicyclic) bond motifs is 2. The largest absolute Gasteiger partial charge is 0.382 e. The first kappa shape index (κ1) is 24.3. The first-order valence-electron chi connectivity index (χ1n) is 11.8. The van der Waals surface area contributed by atoms with E-state index in [9.17, 15) is 8.42 Å². The van der Waals surface area contributed by atoms with Crippen LogP contribution in [0.1, 0.15) is 19.2 Å². The Morgan fingerprint density at radius 1 is 1.11 bits per heavy atom. The Hall–Kier alpha value is -2.44. The third kappa shape index (κ3) is 5.24. The Kier molecular flexibility index (Phi) is 7.40. The maximum Gasteiger partial charge on any atom is 0.243 e. The molecule has 0 radical (unpaired) electrons. The number of hydrogen-bond donors (Lipinski definition) is 1. The molecule has 186 valence electrons. The Labute approximate surface area is 208 Å². The summed E-state index contributed by atoms with van der Waals surface area (Å²) in [5.41, 5.74) is 3.52. The molecular formula is C24H29N5O4S2. The first-order chi connectivity index (χ1) is 17.1. The lowest BCUT2D eigenvalue weighted by Crippen LogP contribution is -2.40. The average Bonchev–Trinajstić information content (AvgIpc) is 3.46. The van der Waals surface area contributed by atoms with Gasteiger partial charge in [0, 0.05) is 32.8 Å². The highest BCUT2D eigenvalue weighted by Crippen LogP contribution is 2.29. The summed E-state index contributed by atoms with van der Waals surface area (Å²) in [7, 11) is -3.59. The number of imidazole rings is 2. The van der Waals surface area contributed by atoms with Gasteiger partial charge < -0.3 is 19.0 Å². The lowest BCUT2D eigenvalue weighted by atomic mass is 10.3. The van der Waals surface area contributed by atoms with Crippen molar-refractivity contribution in [2.24, 2.45) is 0 Å². The van der Waals surface area contributed by atoms with Crippen LogP contribution in [0, 0.1) is 0 Å². The van der Waals surface area contributed by atoms with Gasteiger partial charge >= 0.3 is 0 Å². The highest BCUT2D eigenvalue weighted by molar-refractivity contribution is 7.98. The van der Waals surface area contributed by atoms with Crippen molar-refractivity contribution in [3.63, 3.8) is 0 Å². The fraction of sp³-hybridized carbons (Fsp3) is 0.417. The molecule has 1 N–H and O–H groups in total. The number of sulfonamides is 1. The second-order valence-corrected chi connectivity index (χ2v) is 11.1. The van der Waals surface area contributed by atoms with Gasteiger partial charge in [-0.25, -0.2) is 18.4 Å². The monoisotopic (exact) mass is 515 g/mol. The number of thioether (sulfide) groups is 1. The fourth-order valence-electron chi connectivity index (χ4n) is 4.19. The van der Waals surface area contributed by atoms with Crippen molar-refractivity contribution in [3.05, 3.63) is 48.3 Å². The predicted molar refractivity (Wildman–Crippen MR) is 136 cm³/mol. The molecule has 4 aromatic rings. The maximum absolute atomic E-state index is 13.2. The zero-order chi connectivity index (χ0) is 24.3. The van der Waals surface area contributed by atoms with Crippen molar-refractivity contribution >= 4 is 43.9 Å². The van der Waals surface area contributed by atoms with Gasteiger partial charge in [-0.3, -0.25) is 0 Å². The van der Waals surface area contributed by atoms with E-state index in [0.29, 0.717) is 50.8 Å². The van der Waals surface area contributed by atoms with Gasteiger partial charge in [-0.15, -0.1) is 0 Å². The van der Waals surface area contributed by atoms with Crippen molar-refractivity contribution in [1.29, 1.82) is 0 Å². The number of aromatic nitrogens is 4. The van der Waals surface area contributed by atoms with Gasteiger partial charge in [0.1, 0.15) is 5.82 Å². The minimum absolute atomic E-state index is 0.264. The fourth-order valence-corrected chi connectivity index (χ4v) is 6.53. The summed E-state index contributed by atoms with van der Waals surface area (Å²) in [6.45, 7) is 5.62. The van der Waals surface area contributed by atoms with Crippen LogP contribution in [0.4, 0.5) is 0 Å². The molecular weight excluding hydrogens is 486 g/mol. The van der Waals surface area contributed by atoms with Gasteiger partial charge in [0.15, 0.2) is 5.16 Å². The van der Waals surface area contributed by atoms with Crippen molar-refractivity contribution in [1.82, 2.24) is 23.8 Å². The van der Waals surface area contributed by atoms with Crippen LogP contribution < -0.4 is 0 Å². The molecule has 0 bridgehead atoms. The minimum atomic E-state index is -3.59. The van der Waals surface area contributed by atoms with E-state index in [4.69, 9.17) is 14.5 Å². The van der Waals surface area contributed by atoms with E-state index in [1.165, 1.54) is 4.31 Å². The normalized spacial score (nSPS) is 15.3. The number of aromatic amines is 1. The van der Waals surface area contributed by atoms with Crippen LogP contribution in [0.15, 0.2) is 52.5 Å². The topological polar surface area (TPSA) is 102 Å². The second-order valence-electron chi connectivity index (χ2n) is 8.25. The lowest BCUT2D eigenvalue weighted by molar-refractivity contribution is 0.0730. The maximum atomic E-state index is 13.2. The van der Waals surface area contributed by atoms with Crippen LogP contribution in [0.25, 0.3) is 22.1 Å². The quantitative estimate of drug-likeness (QED) is 0.254. The highest BCUT2D eigenvalue weighted by Gasteiger charge is 2.27. The van der Waals surface area contributed by atoms with Crippen LogP contribution >= 0.6 is 11.8 Å². The highest BCUT2D eigenvalue weighted by atomic mass is 32.2. The van der Waals surface area contributed by atoms with Gasteiger partial charge in [0.25, 0.3) is 0 Å². The van der Waals surface area contributed by atoms with Gasteiger partial charge in [-0.05, 0) is 43.7 Å². The van der Waals surface area contributed by atoms with E-state index in [1.807, 2.05) is 37.3 Å². The number of para-hydroxylation sites is 2. The molecule has 0 aliphatic carbocycles. The molecule has 11 heteroatoms. The van der Waals surface area contributed by atoms with E-state index >= 15 is 0 Å². The van der Waals surface area contributed by atoms with Crippen LogP contribution in [0.3, 0.4) is 0 Å². The Morgan fingerprint density at radius 3 is 2.74 bits per heavy atom. The van der Waals surface area contributed by atoms with Crippen LogP contribution in [0.5, 0.6) is 0 Å². The molecule has 0 atom stereocenters. The molecule has 1 saturated heterocycles. The molecule has 9 nitrogen and oxygen atoms in total. The van der Waals surface area contributed by atoms with Gasteiger partial charge in [-0.1, -0.05) is 23.9 Å². The van der Waals surface area contributed by atoms with E-state index in [-0.39, 0.29) is 4.90 Å². The van der Waals surface area contributed by atoms with Gasteiger partial charge in [-0.2, -0.15) is 4.31 Å². The SMILES string of the molecule is CCOCCCn1c(SCc2nc3ccccc3[nH]2)nc2cc(S(=O)(=O)N3CCOCC3)ccc21. The molecule has 2 aromatic carbocycles. The molecule has 1 fully saturated rings. The zero-order valence-corrected chi connectivity index (χ0v) is 21.3. The number of ether oxygens (including phenoxy) is 2. The van der Waals surface area contributed by atoms with Gasteiger partial charge in [0.05, 0.1) is 45.9 Å². The Morgan fingerprint density at radius 2 is 1.94 bits per heavy atom. The molecule has 0 saturated carbocycles. The number of hydrogen-bond acceptors (Lipinski definition) is 7. The van der Waals surface area contributed by atoms with E-state index in [1.54, 1.807) is 23.9 Å². The number of aryl methyl sites for hydroxylation is 1. The molecule has 0 amide bonds. The molecule has 1 aliphatic rings. The molecule has 5 rings (SSSR count). The lowest BCUT2D eigenvalue weighted by Gasteiger charge is -2.26. The van der Waals surface area contributed by atoms with Crippen molar-refractivity contribution < 1.29 is 17.9 Å². The first-order valence-corrected chi connectivity index (χ1v) is 14.2. The molecule has 3 heterocycles. The smallest absolute Gasteiger partial charge is 0.243 e. The third-order valence-electron chi connectivity index (χ3n) is 5.94. The standard InChI is InChI=1S/C24H29N5O4S2/c1-2-32-13-5-10-29-22-9-8-18(35(30,31)28-11-14-33-15-12-28)16-21(22)27-24(29)34-17-23-25-19-6-3-4-7-20(19)26-23/h3-4,6-9,16H,2,5,10-15,17H2,1H3,(H,25,26). The number of benzene rings is 2. The zero-order valence-electron chi connectivity index (χ0n) is 19.6. The molecule has 2 aromatic heterocycles. The third-order valence-corrected chi connectivity index (χ3v) is 8.83. The summed E-state index contributed by atoms with van der Waals surface area (Å²) in [4.78, 5) is 13.1. The van der Waals surface area contributed by atoms with Gasteiger partial charge in [0.2, 0.25) is 10.0 Å². The number of H-pyrrole nitrogens is 1. The minimum Gasteiger partial charge on any atom is -0.382 e. The van der Waals surface area contributed by atoms with Crippen LogP contribution in [-0.4, -0.2) is 71.8 Å². The molecule has 1 aliphatic heterocycles. The van der Waals surface area contributed by atoms with Crippen molar-refractivity contribution in [2.45, 2.75) is 35.7 Å². The summed E-state index contributed by atoms with van der Waals surface area (Å²) in [5, 5.41) is 0.831. The Bertz CT molecular complexity index is 1380. The molecule has 35 heavy (non-hydrogen) atoms.